The van der Waals surface area contributed by atoms with Gasteiger partial charge in [-0.1, -0.05) is 48.0 Å². The van der Waals surface area contributed by atoms with Gasteiger partial charge in [0, 0.05) is 35.1 Å². The molecule has 0 spiro atoms. The molecule has 1 aliphatic heterocycles. The first-order chi connectivity index (χ1) is 18.4. The summed E-state index contributed by atoms with van der Waals surface area (Å²) >= 11 is 6.16. The van der Waals surface area contributed by atoms with Gasteiger partial charge >= 0.3 is 0 Å². The molecule has 1 aromatic heterocycles. The third kappa shape index (κ3) is 5.34. The van der Waals surface area contributed by atoms with Crippen molar-refractivity contribution in [1.29, 1.82) is 0 Å². The summed E-state index contributed by atoms with van der Waals surface area (Å²) in [6.07, 6.45) is 1.49. The van der Waals surface area contributed by atoms with Crippen molar-refractivity contribution in [2.45, 2.75) is 0 Å². The maximum absolute atomic E-state index is 13.2. The second-order valence-corrected chi connectivity index (χ2v) is 9.61. The second-order valence-electron chi connectivity index (χ2n) is 9.17. The molecule has 0 saturated heterocycles. The van der Waals surface area contributed by atoms with Crippen LogP contribution in [0.4, 0.5) is 17.1 Å². The molecule has 1 aliphatic rings. The summed E-state index contributed by atoms with van der Waals surface area (Å²) in [5.74, 6) is -0.125. The Kier molecular flexibility index (Phi) is 7.31. The molecule has 0 radical (unpaired) electrons. The van der Waals surface area contributed by atoms with Crippen LogP contribution in [0.3, 0.4) is 0 Å². The summed E-state index contributed by atoms with van der Waals surface area (Å²) < 4.78 is 5.36. The van der Waals surface area contributed by atoms with Crippen molar-refractivity contribution >= 4 is 51.7 Å². The number of rotatable bonds is 8. The number of hydrogen-bond acceptors (Lipinski definition) is 5. The third-order valence-electron chi connectivity index (χ3n) is 6.23. The fraction of sp³-hybridized carbons (Fsp3) is 0.133. The van der Waals surface area contributed by atoms with Crippen LogP contribution >= 0.6 is 11.6 Å². The molecule has 0 fully saturated rings. The highest BCUT2D eigenvalue weighted by molar-refractivity contribution is 6.38. The van der Waals surface area contributed by atoms with Crippen LogP contribution in [0.5, 0.6) is 0 Å². The van der Waals surface area contributed by atoms with Gasteiger partial charge in [0.25, 0.3) is 11.8 Å². The topological polar surface area (TPSA) is 77.8 Å². The van der Waals surface area contributed by atoms with Crippen molar-refractivity contribution in [3.63, 3.8) is 0 Å². The van der Waals surface area contributed by atoms with Gasteiger partial charge in [-0.2, -0.15) is 0 Å². The van der Waals surface area contributed by atoms with Gasteiger partial charge in [-0.05, 0) is 68.2 Å². The van der Waals surface area contributed by atoms with Crippen LogP contribution < -0.4 is 15.5 Å². The van der Waals surface area contributed by atoms with Crippen LogP contribution in [0.2, 0.25) is 5.02 Å². The van der Waals surface area contributed by atoms with Crippen LogP contribution in [0.1, 0.15) is 21.7 Å². The van der Waals surface area contributed by atoms with E-state index in [4.69, 9.17) is 16.0 Å². The number of nitrogens with zero attached hydrogens (tertiary/aromatic N) is 2. The summed E-state index contributed by atoms with van der Waals surface area (Å²) in [5.41, 5.74) is 5.04. The number of halogens is 1. The van der Waals surface area contributed by atoms with Crippen molar-refractivity contribution < 1.29 is 14.0 Å². The number of furan rings is 1. The van der Waals surface area contributed by atoms with Crippen molar-refractivity contribution in [3.05, 3.63) is 113 Å². The first-order valence-electron chi connectivity index (χ1n) is 12.2. The zero-order valence-electron chi connectivity index (χ0n) is 21.1. The van der Waals surface area contributed by atoms with Gasteiger partial charge in [-0.15, -0.1) is 0 Å². The number of anilines is 3. The zero-order chi connectivity index (χ0) is 26.6. The fourth-order valence-corrected chi connectivity index (χ4v) is 4.50. The van der Waals surface area contributed by atoms with Crippen molar-refractivity contribution in [3.8, 4) is 0 Å². The smallest absolute Gasteiger partial charge is 0.293 e. The molecule has 3 aromatic carbocycles. The Bertz CT molecular complexity index is 1480. The van der Waals surface area contributed by atoms with E-state index in [-0.39, 0.29) is 17.6 Å². The first kappa shape index (κ1) is 25.3. The molecule has 4 aromatic rings. The minimum atomic E-state index is -0.206. The average Bonchev–Trinajstić information content (AvgIpc) is 3.56. The molecule has 0 aliphatic carbocycles. The zero-order valence-corrected chi connectivity index (χ0v) is 21.8. The van der Waals surface area contributed by atoms with Gasteiger partial charge in [0.05, 0.1) is 23.2 Å². The molecule has 192 valence electrons. The van der Waals surface area contributed by atoms with Crippen LogP contribution in [-0.2, 0) is 4.79 Å². The van der Waals surface area contributed by atoms with E-state index in [0.29, 0.717) is 35.1 Å². The third-order valence-corrected chi connectivity index (χ3v) is 6.47. The predicted molar refractivity (Wildman–Crippen MR) is 152 cm³/mol. The van der Waals surface area contributed by atoms with Gasteiger partial charge in [-0.25, -0.2) is 0 Å². The van der Waals surface area contributed by atoms with Crippen LogP contribution in [0, 0.1) is 0 Å². The lowest BCUT2D eigenvalue weighted by Gasteiger charge is -2.24. The van der Waals surface area contributed by atoms with E-state index in [1.807, 2.05) is 79.7 Å². The van der Waals surface area contributed by atoms with E-state index in [1.54, 1.807) is 29.2 Å². The molecule has 0 bridgehead atoms. The number of carbonyl (C=O) groups excluding carboxylic acids is 2. The maximum atomic E-state index is 13.2. The van der Waals surface area contributed by atoms with Gasteiger partial charge in [0.1, 0.15) is 0 Å². The minimum absolute atomic E-state index is 0.204. The molecule has 7 nitrogen and oxygen atoms in total. The maximum Gasteiger partial charge on any atom is 0.293 e. The highest BCUT2D eigenvalue weighted by Crippen LogP contribution is 2.39. The quantitative estimate of drug-likeness (QED) is 0.272. The molecular formula is C30H27ClN4O3. The van der Waals surface area contributed by atoms with Gasteiger partial charge < -0.3 is 24.9 Å². The van der Waals surface area contributed by atoms with E-state index in [1.165, 1.54) is 6.26 Å². The molecule has 2 heterocycles. The lowest BCUT2D eigenvalue weighted by atomic mass is 10.00. The largest absolute Gasteiger partial charge is 0.459 e. The lowest BCUT2D eigenvalue weighted by Crippen LogP contribution is -2.36. The van der Waals surface area contributed by atoms with Crippen LogP contribution in [0.15, 0.2) is 95.6 Å². The summed E-state index contributed by atoms with van der Waals surface area (Å²) in [6.45, 7) is 1.19. The SMILES string of the molecule is CN(C)CCN(C(=O)c1ccco1)c1ccc(NC(=C2C(=O)Nc3cc(Cl)ccc32)c2ccccc2)cc1. The highest BCUT2D eigenvalue weighted by Gasteiger charge is 2.28. The minimum Gasteiger partial charge on any atom is -0.459 e. The summed E-state index contributed by atoms with van der Waals surface area (Å²) in [7, 11) is 3.93. The molecule has 0 unspecified atom stereocenters. The lowest BCUT2D eigenvalue weighted by molar-refractivity contribution is -0.110. The number of benzene rings is 3. The van der Waals surface area contributed by atoms with Crippen molar-refractivity contribution in [2.24, 2.45) is 0 Å². The Hall–Kier alpha value is -4.33. The number of nitrogens with one attached hydrogen (secondary N) is 2. The standard InChI is InChI=1S/C30H27ClN4O3/c1-34(2)16-17-35(30(37)26-9-6-18-38-26)23-13-11-22(12-14-23)32-28(20-7-4-3-5-8-20)27-24-15-10-21(31)19-25(24)33-29(27)36/h3-15,18-19,32H,16-17H2,1-2H3,(H,33,36). The van der Waals surface area contributed by atoms with Crippen LogP contribution in [-0.4, -0.2) is 43.9 Å². The Labute approximate surface area is 226 Å². The Morgan fingerprint density at radius 1 is 0.947 bits per heavy atom. The molecule has 2 N–H and O–H groups in total. The predicted octanol–water partition coefficient (Wildman–Crippen LogP) is 6.07. The number of amides is 2. The number of hydrogen-bond donors (Lipinski definition) is 2. The average molecular weight is 527 g/mol. The Morgan fingerprint density at radius 2 is 1.71 bits per heavy atom. The molecule has 0 saturated carbocycles. The fourth-order valence-electron chi connectivity index (χ4n) is 4.33. The van der Waals surface area contributed by atoms with Crippen molar-refractivity contribution in [1.82, 2.24) is 4.90 Å². The summed E-state index contributed by atoms with van der Waals surface area (Å²) in [4.78, 5) is 30.0. The number of fused-ring (bicyclic) bond motifs is 1. The summed E-state index contributed by atoms with van der Waals surface area (Å²) in [5, 5.41) is 6.92. The van der Waals surface area contributed by atoms with Crippen molar-refractivity contribution in [2.75, 3.05) is 42.7 Å². The molecular weight excluding hydrogens is 500 g/mol. The molecule has 8 heteroatoms. The van der Waals surface area contributed by atoms with Gasteiger partial charge in [0.2, 0.25) is 0 Å². The molecule has 0 atom stereocenters. The van der Waals surface area contributed by atoms with Gasteiger partial charge in [-0.3, -0.25) is 9.59 Å². The van der Waals surface area contributed by atoms with E-state index >= 15 is 0 Å². The second kappa shape index (κ2) is 11.0. The number of carbonyl (C=O) groups is 2. The highest BCUT2D eigenvalue weighted by atomic mass is 35.5. The Balaban J connectivity index is 1.49. The first-order valence-corrected chi connectivity index (χ1v) is 12.6. The number of likely N-dealkylation sites (N-methyl/N-ethyl adjacent to an activating group) is 1. The van der Waals surface area contributed by atoms with E-state index in [2.05, 4.69) is 10.6 Å². The van der Waals surface area contributed by atoms with Gasteiger partial charge in [0.15, 0.2) is 5.76 Å². The molecule has 2 amide bonds. The normalized spacial score (nSPS) is 13.7. The van der Waals surface area contributed by atoms with E-state index in [9.17, 15) is 9.59 Å². The van der Waals surface area contributed by atoms with Crippen LogP contribution in [0.25, 0.3) is 11.3 Å². The van der Waals surface area contributed by atoms with E-state index in [0.717, 1.165) is 22.5 Å². The summed E-state index contributed by atoms with van der Waals surface area (Å²) in [6, 6.07) is 26.0. The van der Waals surface area contributed by atoms with E-state index < -0.39 is 0 Å². The Morgan fingerprint density at radius 3 is 2.39 bits per heavy atom. The molecule has 38 heavy (non-hydrogen) atoms. The molecule has 5 rings (SSSR count). The monoisotopic (exact) mass is 526 g/mol.